The van der Waals surface area contributed by atoms with Gasteiger partial charge in [-0.05, 0) is 36.1 Å². The number of nitro groups is 1. The van der Waals surface area contributed by atoms with Crippen molar-refractivity contribution >= 4 is 22.7 Å². The number of aryl methyl sites for hydroxylation is 1. The predicted octanol–water partition coefficient (Wildman–Crippen LogP) is 4.87. The minimum Gasteiger partial charge on any atom is -0.375 e. The molecule has 0 fully saturated rings. The second kappa shape index (κ2) is 5.85. The molecule has 0 unspecified atom stereocenters. The number of anilines is 1. The van der Waals surface area contributed by atoms with E-state index >= 15 is 0 Å². The number of hydrogen-bond acceptors (Lipinski definition) is 4. The van der Waals surface area contributed by atoms with Crippen LogP contribution in [0.1, 0.15) is 36.1 Å². The van der Waals surface area contributed by atoms with E-state index < -0.39 is 0 Å². The summed E-state index contributed by atoms with van der Waals surface area (Å²) in [5.74, 6) is 0. The Morgan fingerprint density at radius 1 is 1.24 bits per heavy atom. The first-order chi connectivity index (χ1) is 9.77. The van der Waals surface area contributed by atoms with Gasteiger partial charge in [0.25, 0.3) is 5.69 Å². The molecule has 1 aromatic heterocycles. The molecular weight excluding hydrogens is 284 g/mol. The summed E-state index contributed by atoms with van der Waals surface area (Å²) in [4.78, 5) is 13.2. The van der Waals surface area contributed by atoms with Gasteiger partial charge in [-0.1, -0.05) is 26.8 Å². The molecule has 0 saturated carbocycles. The third kappa shape index (κ3) is 3.82. The number of benzene rings is 1. The van der Waals surface area contributed by atoms with E-state index in [0.717, 1.165) is 5.56 Å². The molecule has 0 aliphatic heterocycles. The SMILES string of the molecule is Cc1ccc(NCc2ccc(C(C)(C)C)s2)c([N+](=O)[O-])c1. The van der Waals surface area contributed by atoms with Crippen LogP contribution in [0.2, 0.25) is 0 Å². The zero-order chi connectivity index (χ0) is 15.6. The maximum atomic E-state index is 11.1. The molecule has 1 N–H and O–H groups in total. The van der Waals surface area contributed by atoms with Crippen molar-refractivity contribution in [3.63, 3.8) is 0 Å². The summed E-state index contributed by atoms with van der Waals surface area (Å²) >= 11 is 1.74. The number of hydrogen-bond donors (Lipinski definition) is 1. The highest BCUT2D eigenvalue weighted by Gasteiger charge is 2.17. The van der Waals surface area contributed by atoms with Gasteiger partial charge in [-0.25, -0.2) is 0 Å². The van der Waals surface area contributed by atoms with Gasteiger partial charge in [-0.2, -0.15) is 0 Å². The molecular formula is C16H20N2O2S. The van der Waals surface area contributed by atoms with E-state index in [0.29, 0.717) is 12.2 Å². The lowest BCUT2D eigenvalue weighted by atomic mass is 9.95. The van der Waals surface area contributed by atoms with E-state index in [-0.39, 0.29) is 16.0 Å². The quantitative estimate of drug-likeness (QED) is 0.647. The van der Waals surface area contributed by atoms with Crippen molar-refractivity contribution in [3.8, 4) is 0 Å². The smallest absolute Gasteiger partial charge is 0.292 e. The van der Waals surface area contributed by atoms with Gasteiger partial charge >= 0.3 is 0 Å². The first-order valence-electron chi connectivity index (χ1n) is 6.85. The Morgan fingerprint density at radius 3 is 2.52 bits per heavy atom. The van der Waals surface area contributed by atoms with Crippen LogP contribution in [0, 0.1) is 17.0 Å². The Morgan fingerprint density at radius 2 is 1.95 bits per heavy atom. The van der Waals surface area contributed by atoms with Gasteiger partial charge < -0.3 is 5.32 Å². The van der Waals surface area contributed by atoms with Crippen molar-refractivity contribution < 1.29 is 4.92 Å². The summed E-state index contributed by atoms with van der Waals surface area (Å²) in [6.07, 6.45) is 0. The van der Waals surface area contributed by atoms with Gasteiger partial charge in [0.15, 0.2) is 0 Å². The molecule has 0 aliphatic rings. The van der Waals surface area contributed by atoms with E-state index in [1.54, 1.807) is 23.5 Å². The third-order valence-electron chi connectivity index (χ3n) is 3.20. The molecule has 0 atom stereocenters. The lowest BCUT2D eigenvalue weighted by molar-refractivity contribution is -0.384. The highest BCUT2D eigenvalue weighted by molar-refractivity contribution is 7.12. The van der Waals surface area contributed by atoms with Gasteiger partial charge in [0.1, 0.15) is 5.69 Å². The number of nitrogens with one attached hydrogen (secondary N) is 1. The van der Waals surface area contributed by atoms with Crippen molar-refractivity contribution in [2.75, 3.05) is 5.32 Å². The van der Waals surface area contributed by atoms with Gasteiger partial charge in [0.05, 0.1) is 4.92 Å². The van der Waals surface area contributed by atoms with Crippen molar-refractivity contribution in [3.05, 3.63) is 55.8 Å². The minimum absolute atomic E-state index is 0.127. The van der Waals surface area contributed by atoms with Crippen LogP contribution in [0.3, 0.4) is 0 Å². The van der Waals surface area contributed by atoms with Gasteiger partial charge in [0, 0.05) is 22.4 Å². The monoisotopic (exact) mass is 304 g/mol. The maximum absolute atomic E-state index is 11.1. The van der Waals surface area contributed by atoms with Crippen LogP contribution in [0.15, 0.2) is 30.3 Å². The van der Waals surface area contributed by atoms with Crippen LogP contribution in [0.5, 0.6) is 0 Å². The molecule has 112 valence electrons. The average Bonchev–Trinajstić information content (AvgIpc) is 2.85. The number of thiophene rings is 1. The molecule has 1 aromatic carbocycles. The van der Waals surface area contributed by atoms with E-state index in [4.69, 9.17) is 0 Å². The molecule has 0 radical (unpaired) electrons. The molecule has 21 heavy (non-hydrogen) atoms. The molecule has 0 amide bonds. The first-order valence-corrected chi connectivity index (χ1v) is 7.67. The molecule has 4 nitrogen and oxygen atoms in total. The van der Waals surface area contributed by atoms with E-state index in [9.17, 15) is 10.1 Å². The molecule has 0 bridgehead atoms. The average molecular weight is 304 g/mol. The topological polar surface area (TPSA) is 55.2 Å². The summed E-state index contributed by atoms with van der Waals surface area (Å²) in [6, 6.07) is 9.46. The van der Waals surface area contributed by atoms with Gasteiger partial charge in [-0.15, -0.1) is 11.3 Å². The third-order valence-corrected chi connectivity index (χ3v) is 4.71. The molecule has 2 rings (SSSR count). The highest BCUT2D eigenvalue weighted by Crippen LogP contribution is 2.31. The summed E-state index contributed by atoms with van der Waals surface area (Å²) in [6.45, 7) is 9.00. The van der Waals surface area contributed by atoms with Gasteiger partial charge in [0.2, 0.25) is 0 Å². The zero-order valence-electron chi connectivity index (χ0n) is 12.8. The van der Waals surface area contributed by atoms with E-state index in [1.807, 2.05) is 13.0 Å². The summed E-state index contributed by atoms with van der Waals surface area (Å²) in [5.41, 5.74) is 1.72. The fourth-order valence-corrected chi connectivity index (χ4v) is 3.01. The molecule has 0 aliphatic carbocycles. The Balaban J connectivity index is 2.13. The Bertz CT molecular complexity index is 657. The van der Waals surface area contributed by atoms with Crippen LogP contribution in [-0.4, -0.2) is 4.92 Å². The van der Waals surface area contributed by atoms with E-state index in [2.05, 4.69) is 38.2 Å². The second-order valence-corrected chi connectivity index (χ2v) is 7.32. The van der Waals surface area contributed by atoms with Crippen molar-refractivity contribution in [2.24, 2.45) is 0 Å². The van der Waals surface area contributed by atoms with Crippen LogP contribution in [0.25, 0.3) is 0 Å². The highest BCUT2D eigenvalue weighted by atomic mass is 32.1. The zero-order valence-corrected chi connectivity index (χ0v) is 13.6. The summed E-state index contributed by atoms with van der Waals surface area (Å²) in [7, 11) is 0. The molecule has 5 heteroatoms. The number of rotatable bonds is 4. The lowest BCUT2D eigenvalue weighted by Crippen LogP contribution is -2.07. The van der Waals surface area contributed by atoms with Gasteiger partial charge in [-0.3, -0.25) is 10.1 Å². The molecule has 2 aromatic rings. The largest absolute Gasteiger partial charge is 0.375 e. The fraction of sp³-hybridized carbons (Fsp3) is 0.375. The molecule has 1 heterocycles. The standard InChI is InChI=1S/C16H20N2O2S/c1-11-5-7-13(14(9-11)18(19)20)17-10-12-6-8-15(21-12)16(2,3)4/h5-9,17H,10H2,1-4H3. The maximum Gasteiger partial charge on any atom is 0.292 e. The Kier molecular flexibility index (Phi) is 4.32. The lowest BCUT2D eigenvalue weighted by Gasteiger charge is -2.15. The number of nitro benzene ring substituents is 1. The van der Waals surface area contributed by atoms with Crippen LogP contribution in [0.4, 0.5) is 11.4 Å². The first kappa shape index (κ1) is 15.5. The Labute approximate surface area is 129 Å². The normalized spacial score (nSPS) is 11.4. The Hall–Kier alpha value is -1.88. The minimum atomic E-state index is -0.343. The van der Waals surface area contributed by atoms with Crippen molar-refractivity contribution in [1.29, 1.82) is 0 Å². The predicted molar refractivity (Wildman–Crippen MR) is 88.2 cm³/mol. The fourth-order valence-electron chi connectivity index (χ4n) is 2.00. The van der Waals surface area contributed by atoms with E-state index in [1.165, 1.54) is 9.75 Å². The summed E-state index contributed by atoms with van der Waals surface area (Å²) in [5, 5.41) is 14.3. The molecule has 0 spiro atoms. The van der Waals surface area contributed by atoms with Crippen molar-refractivity contribution in [2.45, 2.75) is 39.7 Å². The van der Waals surface area contributed by atoms with Crippen LogP contribution in [-0.2, 0) is 12.0 Å². The van der Waals surface area contributed by atoms with Crippen LogP contribution >= 0.6 is 11.3 Å². The second-order valence-electron chi connectivity index (χ2n) is 6.15. The number of nitrogens with zero attached hydrogens (tertiary/aromatic N) is 1. The van der Waals surface area contributed by atoms with Crippen LogP contribution < -0.4 is 5.32 Å². The summed E-state index contributed by atoms with van der Waals surface area (Å²) < 4.78 is 0. The molecule has 0 saturated heterocycles. The van der Waals surface area contributed by atoms with Crippen molar-refractivity contribution in [1.82, 2.24) is 0 Å².